The van der Waals surface area contributed by atoms with Crippen molar-refractivity contribution in [3.05, 3.63) is 0 Å². The van der Waals surface area contributed by atoms with Gasteiger partial charge in [0.15, 0.2) is 0 Å². The standard InChI is InChI=1S/C14H27N3O3S.ClH/c1-11-4-6-12(7-5-11)16-21(19,20)10-14(18)17-8-2-3-13(17)9-15;/h11-13,16H,2-10,15H2,1H3;1H. The predicted octanol–water partition coefficient (Wildman–Crippen LogP) is 0.856. The summed E-state index contributed by atoms with van der Waals surface area (Å²) in [5.41, 5.74) is 5.63. The second-order valence-electron chi connectivity index (χ2n) is 6.45. The minimum Gasteiger partial charge on any atom is -0.338 e. The summed E-state index contributed by atoms with van der Waals surface area (Å²) in [6.45, 7) is 3.21. The van der Waals surface area contributed by atoms with Crippen molar-refractivity contribution in [2.24, 2.45) is 11.7 Å². The lowest BCUT2D eigenvalue weighted by atomic mass is 9.88. The molecule has 1 amide bonds. The van der Waals surface area contributed by atoms with Crippen molar-refractivity contribution in [1.29, 1.82) is 0 Å². The van der Waals surface area contributed by atoms with Crippen LogP contribution in [0, 0.1) is 5.92 Å². The van der Waals surface area contributed by atoms with Crippen molar-refractivity contribution in [2.75, 3.05) is 18.8 Å². The summed E-state index contributed by atoms with van der Waals surface area (Å²) >= 11 is 0. The Labute approximate surface area is 139 Å². The van der Waals surface area contributed by atoms with Gasteiger partial charge in [0.1, 0.15) is 5.75 Å². The maximum absolute atomic E-state index is 12.2. The molecular formula is C14H28ClN3O3S. The number of nitrogens with two attached hydrogens (primary N) is 1. The van der Waals surface area contributed by atoms with Crippen LogP contribution in [-0.2, 0) is 14.8 Å². The molecule has 1 aliphatic carbocycles. The number of carbonyl (C=O) groups excluding carboxylic acids is 1. The van der Waals surface area contributed by atoms with Gasteiger partial charge in [-0.25, -0.2) is 13.1 Å². The molecule has 2 rings (SSSR count). The van der Waals surface area contributed by atoms with Crippen molar-refractivity contribution >= 4 is 28.3 Å². The smallest absolute Gasteiger partial charge is 0.239 e. The SMILES string of the molecule is CC1CCC(NS(=O)(=O)CC(=O)N2CCCC2CN)CC1.Cl. The first-order chi connectivity index (χ1) is 9.91. The molecule has 2 fully saturated rings. The van der Waals surface area contributed by atoms with Crippen LogP contribution < -0.4 is 10.5 Å². The van der Waals surface area contributed by atoms with Crippen LogP contribution in [0.1, 0.15) is 45.4 Å². The first kappa shape index (κ1) is 19.7. The Kier molecular flexibility index (Phi) is 7.58. The van der Waals surface area contributed by atoms with Crippen LogP contribution >= 0.6 is 12.4 Å². The summed E-state index contributed by atoms with van der Waals surface area (Å²) in [5.74, 6) is -0.0999. The quantitative estimate of drug-likeness (QED) is 0.766. The zero-order chi connectivity index (χ0) is 15.5. The van der Waals surface area contributed by atoms with Gasteiger partial charge in [-0.1, -0.05) is 6.92 Å². The number of hydrogen-bond acceptors (Lipinski definition) is 4. The normalized spacial score (nSPS) is 29.2. The highest BCUT2D eigenvalue weighted by Gasteiger charge is 2.31. The summed E-state index contributed by atoms with van der Waals surface area (Å²) < 4.78 is 27.0. The zero-order valence-electron chi connectivity index (χ0n) is 13.2. The second kappa shape index (κ2) is 8.47. The van der Waals surface area contributed by atoms with Crippen LogP contribution in [0.15, 0.2) is 0 Å². The van der Waals surface area contributed by atoms with E-state index in [4.69, 9.17) is 5.73 Å². The number of likely N-dealkylation sites (tertiary alicyclic amines) is 1. The molecular weight excluding hydrogens is 326 g/mol. The number of sulfonamides is 1. The Morgan fingerprint density at radius 1 is 1.23 bits per heavy atom. The van der Waals surface area contributed by atoms with E-state index in [0.717, 1.165) is 38.5 Å². The maximum Gasteiger partial charge on any atom is 0.239 e. The van der Waals surface area contributed by atoms with Gasteiger partial charge in [-0.05, 0) is 44.4 Å². The first-order valence-corrected chi connectivity index (χ1v) is 9.56. The zero-order valence-corrected chi connectivity index (χ0v) is 14.8. The molecule has 0 spiro atoms. The van der Waals surface area contributed by atoms with Crippen LogP contribution in [0.3, 0.4) is 0 Å². The van der Waals surface area contributed by atoms with E-state index in [0.29, 0.717) is 19.0 Å². The highest BCUT2D eigenvalue weighted by molar-refractivity contribution is 7.90. The Morgan fingerprint density at radius 3 is 2.45 bits per heavy atom. The molecule has 2 aliphatic rings. The van der Waals surface area contributed by atoms with E-state index in [1.165, 1.54) is 0 Å². The molecule has 3 N–H and O–H groups in total. The molecule has 1 aliphatic heterocycles. The molecule has 22 heavy (non-hydrogen) atoms. The van der Waals surface area contributed by atoms with E-state index in [-0.39, 0.29) is 30.4 Å². The lowest BCUT2D eigenvalue weighted by molar-refractivity contribution is -0.129. The molecule has 1 unspecified atom stereocenters. The fraction of sp³-hybridized carbons (Fsp3) is 0.929. The second-order valence-corrected chi connectivity index (χ2v) is 8.21. The molecule has 1 heterocycles. The number of nitrogens with one attached hydrogen (secondary N) is 1. The van der Waals surface area contributed by atoms with Gasteiger partial charge in [0, 0.05) is 25.2 Å². The van der Waals surface area contributed by atoms with Crippen molar-refractivity contribution in [2.45, 2.75) is 57.5 Å². The van der Waals surface area contributed by atoms with Crippen LogP contribution in [0.25, 0.3) is 0 Å². The van der Waals surface area contributed by atoms with E-state index in [2.05, 4.69) is 11.6 Å². The fourth-order valence-electron chi connectivity index (χ4n) is 3.33. The number of rotatable bonds is 5. The van der Waals surface area contributed by atoms with Crippen molar-refractivity contribution < 1.29 is 13.2 Å². The fourth-order valence-corrected chi connectivity index (χ4v) is 4.65. The molecule has 0 bridgehead atoms. The summed E-state index contributed by atoms with van der Waals surface area (Å²) in [7, 11) is -3.55. The lowest BCUT2D eigenvalue weighted by Gasteiger charge is -2.27. The van der Waals surface area contributed by atoms with E-state index >= 15 is 0 Å². The van der Waals surface area contributed by atoms with Crippen LogP contribution in [0.4, 0.5) is 0 Å². The highest BCUT2D eigenvalue weighted by atomic mass is 35.5. The van der Waals surface area contributed by atoms with E-state index in [1.54, 1.807) is 4.90 Å². The molecule has 1 atom stereocenters. The number of amides is 1. The molecule has 1 saturated heterocycles. The predicted molar refractivity (Wildman–Crippen MR) is 89.4 cm³/mol. The van der Waals surface area contributed by atoms with Gasteiger partial charge in [0.25, 0.3) is 0 Å². The van der Waals surface area contributed by atoms with E-state index in [9.17, 15) is 13.2 Å². The maximum atomic E-state index is 12.2. The molecule has 6 nitrogen and oxygen atoms in total. The van der Waals surface area contributed by atoms with E-state index < -0.39 is 15.8 Å². The van der Waals surface area contributed by atoms with Crippen LogP contribution in [0.2, 0.25) is 0 Å². The lowest BCUT2D eigenvalue weighted by Crippen LogP contribution is -2.46. The minimum atomic E-state index is -3.55. The summed E-state index contributed by atoms with van der Waals surface area (Å²) in [4.78, 5) is 13.8. The Morgan fingerprint density at radius 2 is 1.86 bits per heavy atom. The van der Waals surface area contributed by atoms with Gasteiger partial charge in [0.05, 0.1) is 0 Å². The average molecular weight is 354 g/mol. The van der Waals surface area contributed by atoms with Crippen molar-refractivity contribution in [3.8, 4) is 0 Å². The van der Waals surface area contributed by atoms with Gasteiger partial charge < -0.3 is 10.6 Å². The highest BCUT2D eigenvalue weighted by Crippen LogP contribution is 2.24. The van der Waals surface area contributed by atoms with Gasteiger partial charge in [-0.3, -0.25) is 4.79 Å². The molecule has 130 valence electrons. The first-order valence-electron chi connectivity index (χ1n) is 7.91. The molecule has 8 heteroatoms. The molecule has 1 saturated carbocycles. The third kappa shape index (κ3) is 5.37. The van der Waals surface area contributed by atoms with Crippen molar-refractivity contribution in [3.63, 3.8) is 0 Å². The molecule has 0 aromatic heterocycles. The monoisotopic (exact) mass is 353 g/mol. The molecule has 0 aromatic carbocycles. The van der Waals surface area contributed by atoms with Crippen LogP contribution in [0.5, 0.6) is 0 Å². The van der Waals surface area contributed by atoms with Crippen molar-refractivity contribution in [1.82, 2.24) is 9.62 Å². The van der Waals surface area contributed by atoms with Gasteiger partial charge in [-0.15, -0.1) is 12.4 Å². The van der Waals surface area contributed by atoms with Crippen LogP contribution in [-0.4, -0.2) is 50.2 Å². The average Bonchev–Trinajstić information content (AvgIpc) is 2.89. The summed E-state index contributed by atoms with van der Waals surface area (Å²) in [5, 5.41) is 0. The number of halogens is 1. The Balaban J connectivity index is 0.00000242. The number of nitrogens with zero attached hydrogens (tertiary/aromatic N) is 1. The Bertz CT molecular complexity index is 464. The Hall–Kier alpha value is -0.370. The third-order valence-electron chi connectivity index (χ3n) is 4.65. The third-order valence-corrected chi connectivity index (χ3v) is 5.96. The summed E-state index contributed by atoms with van der Waals surface area (Å²) in [6.07, 6.45) is 5.59. The number of hydrogen-bond donors (Lipinski definition) is 2. The van der Waals surface area contributed by atoms with Gasteiger partial charge in [0.2, 0.25) is 15.9 Å². The molecule has 0 aromatic rings. The molecule has 0 radical (unpaired) electrons. The minimum absolute atomic E-state index is 0. The topological polar surface area (TPSA) is 92.5 Å². The number of carbonyl (C=O) groups is 1. The summed E-state index contributed by atoms with van der Waals surface area (Å²) in [6, 6.07) is -0.00823. The van der Waals surface area contributed by atoms with E-state index in [1.807, 2.05) is 0 Å². The largest absolute Gasteiger partial charge is 0.338 e. The van der Waals surface area contributed by atoms with Gasteiger partial charge in [-0.2, -0.15) is 0 Å². The van der Waals surface area contributed by atoms with Gasteiger partial charge >= 0.3 is 0 Å².